The summed E-state index contributed by atoms with van der Waals surface area (Å²) in [7, 11) is 0. The van der Waals surface area contributed by atoms with E-state index in [-0.39, 0.29) is 84.4 Å². The lowest BCUT2D eigenvalue weighted by atomic mass is 10.0. The minimum Gasteiger partial charge on any atom is -0.481 e. The fourth-order valence-corrected chi connectivity index (χ4v) is 9.45. The van der Waals surface area contributed by atoms with Crippen LogP contribution in [0.25, 0.3) is 0 Å². The van der Waals surface area contributed by atoms with Gasteiger partial charge in [-0.25, -0.2) is 35.9 Å². The predicted octanol–water partition coefficient (Wildman–Crippen LogP) is 6.63. The number of carbonyl (C=O) groups excluding carboxylic acids is 5. The van der Waals surface area contributed by atoms with Crippen LogP contribution in [-0.2, 0) is 41.5 Å². The van der Waals surface area contributed by atoms with Gasteiger partial charge < -0.3 is 45.2 Å². The van der Waals surface area contributed by atoms with Gasteiger partial charge in [-0.05, 0) is 122 Å². The third kappa shape index (κ3) is 15.7. The third-order valence-corrected chi connectivity index (χ3v) is 13.2. The van der Waals surface area contributed by atoms with Gasteiger partial charge in [-0.15, -0.1) is 0 Å². The highest BCUT2D eigenvalue weighted by Gasteiger charge is 2.47. The van der Waals surface area contributed by atoms with Crippen molar-refractivity contribution in [2.75, 3.05) is 39.3 Å². The Kier molecular flexibility index (Phi) is 17.6. The van der Waals surface area contributed by atoms with Gasteiger partial charge in [0, 0.05) is 94.2 Å². The van der Waals surface area contributed by atoms with Crippen LogP contribution in [0.15, 0.2) is 24.3 Å². The Bertz CT molecular complexity index is 2300. The van der Waals surface area contributed by atoms with Gasteiger partial charge in [-0.2, -0.15) is 0 Å². The van der Waals surface area contributed by atoms with Crippen LogP contribution in [0, 0.1) is 58.6 Å². The first-order chi connectivity index (χ1) is 33.2. The van der Waals surface area contributed by atoms with Crippen LogP contribution in [0.5, 0.6) is 0 Å². The van der Waals surface area contributed by atoms with Crippen molar-refractivity contribution in [3.05, 3.63) is 70.3 Å². The van der Waals surface area contributed by atoms with Gasteiger partial charge in [0.15, 0.2) is 23.3 Å². The second kappa shape index (κ2) is 22.9. The first kappa shape index (κ1) is 54.7. The number of benzene rings is 2. The summed E-state index contributed by atoms with van der Waals surface area (Å²) >= 11 is 0. The Hall–Kier alpha value is -5.60. The Morgan fingerprint density at radius 2 is 1.04 bits per heavy atom. The molecule has 4 saturated heterocycles. The maximum atomic E-state index is 14.3. The van der Waals surface area contributed by atoms with Crippen molar-refractivity contribution in [3.8, 4) is 0 Å². The monoisotopic (exact) mass is 1010 g/mol. The van der Waals surface area contributed by atoms with Crippen molar-refractivity contribution in [2.45, 2.75) is 141 Å². The molecule has 0 spiro atoms. The molecule has 2 aromatic rings. The van der Waals surface area contributed by atoms with Crippen molar-refractivity contribution < 1.29 is 69.7 Å². The van der Waals surface area contributed by atoms with Gasteiger partial charge in [0.25, 0.3) is 0 Å². The molecule has 8 rings (SSSR count). The number of nitrogens with one attached hydrogen (secondary N) is 3. The number of fused-ring (bicyclic) bond motifs is 2. The molecule has 71 heavy (non-hydrogen) atoms. The molecule has 0 radical (unpaired) electrons. The third-order valence-electron chi connectivity index (χ3n) is 13.2. The highest BCUT2D eigenvalue weighted by Crippen LogP contribution is 2.37. The van der Waals surface area contributed by atoms with Crippen LogP contribution < -0.4 is 16.0 Å². The van der Waals surface area contributed by atoms with Gasteiger partial charge in [-0.3, -0.25) is 19.2 Å². The minimum atomic E-state index is -1.31. The highest BCUT2D eigenvalue weighted by atomic mass is 19.2. The van der Waals surface area contributed by atoms with E-state index in [1.165, 1.54) is 0 Å². The normalized spacial score (nSPS) is 22.2. The average molecular weight is 1010 g/mol. The summed E-state index contributed by atoms with van der Waals surface area (Å²) < 4.78 is 93.0. The standard InChI is InChI=1S/C25H32F3N3O4.C21H28F3N3O3.C4H6O2/c1-25(2,3)35-24(34)29-17(8-16-9-19(27)20(28)11-18(16)26)10-22(32)31-7-6-15-12-30(13-21(15)31)23(33)14-4-5-14;1-21(2,3)30-20(29)26-14(6-13-7-16(23)17(24)9-15(13)22)8-19(28)27-5-4-12-10-25-11-18(12)27;5-4(6)3-1-2-3/h9,11,14-15,17,21H,4-8,10,12-13H2,1-3H3,(H,29,34);7,9,12,14,18,25H,4-6,8,10-11H2,1-3H3,(H,26,29);3H,1-2H2,(H,5,6)/t15-,17+,21+;12-,14+,18+;/m00./s1. The molecule has 21 heteroatoms. The maximum Gasteiger partial charge on any atom is 0.407 e. The summed E-state index contributed by atoms with van der Waals surface area (Å²) in [5, 5.41) is 16.5. The summed E-state index contributed by atoms with van der Waals surface area (Å²) in [5.41, 5.74) is -1.83. The number of likely N-dealkylation sites (tertiary alicyclic amines) is 3. The molecule has 4 aliphatic heterocycles. The fourth-order valence-electron chi connectivity index (χ4n) is 9.45. The number of hydrogen-bond donors (Lipinski definition) is 4. The van der Waals surface area contributed by atoms with E-state index in [0.717, 1.165) is 63.7 Å². The summed E-state index contributed by atoms with van der Waals surface area (Å²) in [6.07, 6.45) is 3.12. The fraction of sp³-hybridized carbons (Fsp3) is 0.640. The predicted molar refractivity (Wildman–Crippen MR) is 245 cm³/mol. The smallest absolute Gasteiger partial charge is 0.407 e. The lowest BCUT2D eigenvalue weighted by Crippen LogP contribution is -2.46. The summed E-state index contributed by atoms with van der Waals surface area (Å²) in [5.74, 6) is -7.02. The molecule has 15 nitrogen and oxygen atoms in total. The van der Waals surface area contributed by atoms with Crippen molar-refractivity contribution in [1.82, 2.24) is 30.7 Å². The Balaban J connectivity index is 0.000000209. The molecular weight excluding hydrogens is 943 g/mol. The van der Waals surface area contributed by atoms with E-state index in [1.807, 2.05) is 4.90 Å². The zero-order valence-corrected chi connectivity index (χ0v) is 41.1. The number of rotatable bonds is 12. The molecule has 6 fully saturated rings. The number of amides is 5. The number of halogens is 6. The number of nitrogens with zero attached hydrogens (tertiary/aromatic N) is 3. The molecule has 2 aliphatic carbocycles. The zero-order chi connectivity index (χ0) is 52.1. The lowest BCUT2D eigenvalue weighted by Gasteiger charge is -2.28. The first-order valence-corrected chi connectivity index (χ1v) is 24.3. The van der Waals surface area contributed by atoms with Crippen LogP contribution >= 0.6 is 0 Å². The second-order valence-electron chi connectivity index (χ2n) is 21.4. The van der Waals surface area contributed by atoms with Gasteiger partial charge in [0.05, 0.1) is 12.0 Å². The van der Waals surface area contributed by atoms with Gasteiger partial charge >= 0.3 is 18.2 Å². The van der Waals surface area contributed by atoms with E-state index < -0.39 is 76.3 Å². The minimum absolute atomic E-state index is 0.0185. The molecule has 6 atom stereocenters. The SMILES string of the molecule is CC(C)(C)OC(=O)N[C@@H](CC(=O)N1CC[C@H]2CN(C(=O)C3CC3)C[C@H]21)Cc1cc(F)c(F)cc1F.CC(C)(C)OC(=O)N[C@@H](CC(=O)N1CC[C@H]2CNC[C@H]21)Cc1cc(F)c(F)cc1F.O=C(O)C1CC1. The Morgan fingerprint density at radius 3 is 1.46 bits per heavy atom. The Morgan fingerprint density at radius 1 is 0.606 bits per heavy atom. The van der Waals surface area contributed by atoms with Crippen LogP contribution in [0.4, 0.5) is 35.9 Å². The number of carboxylic acids is 1. The van der Waals surface area contributed by atoms with Gasteiger partial charge in [0.1, 0.15) is 22.8 Å². The lowest BCUT2D eigenvalue weighted by molar-refractivity contribution is -0.138. The average Bonchev–Trinajstić information content (AvgIpc) is 4.11. The molecule has 392 valence electrons. The van der Waals surface area contributed by atoms with Crippen molar-refractivity contribution in [1.29, 1.82) is 0 Å². The maximum absolute atomic E-state index is 14.3. The number of aliphatic carboxylic acids is 1. The van der Waals surface area contributed by atoms with Crippen LogP contribution in [0.1, 0.15) is 104 Å². The molecule has 2 saturated carbocycles. The number of ether oxygens (including phenoxy) is 2. The van der Waals surface area contributed by atoms with Crippen LogP contribution in [0.2, 0.25) is 0 Å². The van der Waals surface area contributed by atoms with E-state index in [4.69, 9.17) is 14.6 Å². The quantitative estimate of drug-likeness (QED) is 0.133. The first-order valence-electron chi connectivity index (χ1n) is 24.3. The van der Waals surface area contributed by atoms with E-state index in [0.29, 0.717) is 44.2 Å². The molecule has 6 aliphatic rings. The summed E-state index contributed by atoms with van der Waals surface area (Å²) in [6.45, 7) is 14.0. The van der Waals surface area contributed by atoms with Gasteiger partial charge in [0.2, 0.25) is 17.7 Å². The number of alkyl carbamates (subject to hydrolysis) is 2. The van der Waals surface area contributed by atoms with Crippen molar-refractivity contribution >= 4 is 35.9 Å². The molecule has 5 amide bonds. The largest absolute Gasteiger partial charge is 0.481 e. The molecule has 4 N–H and O–H groups in total. The number of carbonyl (C=O) groups is 6. The topological polar surface area (TPSA) is 187 Å². The Labute approximate surface area is 409 Å². The summed E-state index contributed by atoms with van der Waals surface area (Å²) in [4.78, 5) is 78.5. The van der Waals surface area contributed by atoms with Crippen molar-refractivity contribution in [3.63, 3.8) is 0 Å². The van der Waals surface area contributed by atoms with Gasteiger partial charge in [-0.1, -0.05) is 0 Å². The highest BCUT2D eigenvalue weighted by molar-refractivity contribution is 5.82. The van der Waals surface area contributed by atoms with E-state index in [9.17, 15) is 55.1 Å². The van der Waals surface area contributed by atoms with E-state index >= 15 is 0 Å². The molecule has 0 aromatic heterocycles. The number of hydrogen-bond acceptors (Lipinski definition) is 9. The molecule has 2 aromatic carbocycles. The number of carboxylic acid groups (broad SMARTS) is 1. The van der Waals surface area contributed by atoms with Crippen LogP contribution in [0.3, 0.4) is 0 Å². The van der Waals surface area contributed by atoms with Crippen molar-refractivity contribution in [2.24, 2.45) is 23.7 Å². The van der Waals surface area contributed by atoms with E-state index in [2.05, 4.69) is 16.0 Å². The van der Waals surface area contributed by atoms with E-state index in [1.54, 1.807) is 51.3 Å². The zero-order valence-electron chi connectivity index (χ0n) is 41.1. The van der Waals surface area contributed by atoms with Crippen LogP contribution in [-0.4, -0.2) is 130 Å². The molecular formula is C50H66F6N6O9. The second-order valence-corrected chi connectivity index (χ2v) is 21.4. The molecule has 0 bridgehead atoms. The molecule has 0 unspecified atom stereocenters. The summed E-state index contributed by atoms with van der Waals surface area (Å²) in [6, 6.07) is 0.696. The molecule has 4 heterocycles.